The first kappa shape index (κ1) is 20.3. The molecule has 0 aromatic rings. The van der Waals surface area contributed by atoms with Crippen LogP contribution in [0.3, 0.4) is 0 Å². The van der Waals surface area contributed by atoms with Crippen LogP contribution in [0.1, 0.15) is 77.0 Å². The van der Waals surface area contributed by atoms with Gasteiger partial charge in [-0.05, 0) is 253 Å². The van der Waals surface area contributed by atoms with Gasteiger partial charge in [-0.25, -0.2) is 0 Å². The van der Waals surface area contributed by atoms with Gasteiger partial charge in [0.2, 0.25) is 0 Å². The molecule has 0 N–H and O–H groups in total. The van der Waals surface area contributed by atoms with E-state index in [-0.39, 0.29) is 0 Å². The Morgan fingerprint density at radius 3 is 1.02 bits per heavy atom. The quantitative estimate of drug-likeness (QED) is 0.286. The average Bonchev–Trinajstić information content (AvgIpc) is 3.40. The summed E-state index contributed by atoms with van der Waals surface area (Å²) in [6.07, 6.45) is 21.1. The summed E-state index contributed by atoms with van der Waals surface area (Å²) in [5.74, 6) is 32.8. The second kappa shape index (κ2) is 5.05. The maximum Gasteiger partial charge on any atom is -0.0133 e. The highest BCUT2D eigenvalue weighted by Crippen LogP contribution is 3.12. The first-order valence-electron chi connectivity index (χ1n) is 20.8. The Morgan fingerprint density at radius 1 is 0.262 bits per heavy atom. The molecule has 18 fully saturated rings. The lowest BCUT2D eigenvalue weighted by molar-refractivity contribution is -0.154. The summed E-state index contributed by atoms with van der Waals surface area (Å²) >= 11 is 0. The molecule has 0 aliphatic heterocycles. The molecule has 0 heterocycles. The molecule has 0 bridgehead atoms. The van der Waals surface area contributed by atoms with Crippen LogP contribution in [0.4, 0.5) is 0 Å². The molecule has 218 valence electrons. The maximum absolute atomic E-state index is 1.86. The van der Waals surface area contributed by atoms with Gasteiger partial charge in [-0.2, -0.15) is 0 Å². The van der Waals surface area contributed by atoms with Crippen molar-refractivity contribution >= 4 is 0 Å². The normalized spacial score (nSPS) is 92.0. The molecule has 18 saturated carbocycles. The molecule has 30 atom stereocenters. The molecule has 0 heteroatoms. The minimum absolute atomic E-state index is 0.936. The van der Waals surface area contributed by atoms with Gasteiger partial charge < -0.3 is 0 Å². The van der Waals surface area contributed by atoms with Crippen LogP contribution in [0.25, 0.3) is 0 Å². The Bertz CT molecular complexity index is 1450. The Morgan fingerprint density at radius 2 is 0.595 bits per heavy atom. The standard InChI is InChI=1S/C42H50/c1-3-15-17-5-7-19-21-9-10-22-20-8-6-18-16-4-2-14-13(1)23-25(15)30-27(17)35(19)39-11-41(21,39)42(22)12-40(42)36(20)28(18)31-26(16)24(14)29(23)32-33(30)37(39)38(40)34(31)32/h13-38H,1-12H2/t13?,14?,15?,16?,17?,18?,19?,20?,21?,22?,23?,24?,25?,26?,27?,28?,29?,30?,31?,32?,33?,34?,35?,36?,37-,38+,39+,40-,41+,42-. The van der Waals surface area contributed by atoms with Crippen molar-refractivity contribution < 1.29 is 0 Å². The monoisotopic (exact) mass is 554 g/mol. The Balaban J connectivity index is 1.05. The summed E-state index contributed by atoms with van der Waals surface area (Å²) in [7, 11) is 0. The lowest BCUT2D eigenvalue weighted by Crippen LogP contribution is -2.59. The molecule has 0 radical (unpaired) electrons. The fourth-order valence-corrected chi connectivity index (χ4v) is 27.9. The largest absolute Gasteiger partial charge is 0.0496 e. The number of rotatable bonds is 0. The fraction of sp³-hybridized carbons (Fsp3) is 1.00. The maximum atomic E-state index is 1.86. The van der Waals surface area contributed by atoms with Gasteiger partial charge in [0.15, 0.2) is 0 Å². The summed E-state index contributed by atoms with van der Waals surface area (Å²) in [6.45, 7) is 0. The van der Waals surface area contributed by atoms with Gasteiger partial charge in [0.25, 0.3) is 0 Å². The van der Waals surface area contributed by atoms with Crippen LogP contribution in [0.15, 0.2) is 0 Å². The van der Waals surface area contributed by atoms with Gasteiger partial charge in [-0.3, -0.25) is 0 Å². The summed E-state index contributed by atoms with van der Waals surface area (Å²) in [5.41, 5.74) is 3.75. The second-order valence-corrected chi connectivity index (χ2v) is 22.8. The summed E-state index contributed by atoms with van der Waals surface area (Å²) in [5, 5.41) is 0. The number of fused-ring (bicyclic) bond motifs is 5. The minimum atomic E-state index is 0.936. The van der Waals surface area contributed by atoms with E-state index in [1.807, 2.05) is 12.8 Å². The molecule has 0 nitrogen and oxygen atoms in total. The summed E-state index contributed by atoms with van der Waals surface area (Å²) in [6, 6.07) is 0. The van der Waals surface area contributed by atoms with E-state index in [9.17, 15) is 0 Å². The highest BCUT2D eigenvalue weighted by molar-refractivity contribution is 5.54. The number of hydrogen-bond acceptors (Lipinski definition) is 0. The van der Waals surface area contributed by atoms with Gasteiger partial charge in [-0.1, -0.05) is 0 Å². The molecule has 0 aromatic carbocycles. The zero-order valence-electron chi connectivity index (χ0n) is 25.5. The van der Waals surface area contributed by atoms with Crippen LogP contribution in [-0.2, 0) is 0 Å². The van der Waals surface area contributed by atoms with E-state index in [1.54, 1.807) is 64.2 Å². The van der Waals surface area contributed by atoms with Crippen molar-refractivity contribution in [3.05, 3.63) is 0 Å². The molecule has 0 amide bonds. The third kappa shape index (κ3) is 1.26. The average molecular weight is 555 g/mol. The Labute approximate surface area is 252 Å². The van der Waals surface area contributed by atoms with E-state index in [0.29, 0.717) is 0 Å². The van der Waals surface area contributed by atoms with Crippen molar-refractivity contribution in [1.82, 2.24) is 0 Å². The lowest BCUT2D eigenvalue weighted by Gasteiger charge is -2.62. The highest BCUT2D eigenvalue weighted by atomic mass is 15.1. The van der Waals surface area contributed by atoms with Crippen molar-refractivity contribution in [3.63, 3.8) is 0 Å². The predicted octanol–water partition coefficient (Wildman–Crippen LogP) is 7.88. The smallest absolute Gasteiger partial charge is 0.0133 e. The van der Waals surface area contributed by atoms with Gasteiger partial charge in [-0.15, -0.1) is 0 Å². The molecule has 24 unspecified atom stereocenters. The molecular formula is C42H50. The zero-order valence-corrected chi connectivity index (χ0v) is 25.5. The fourth-order valence-electron chi connectivity index (χ4n) is 27.9. The van der Waals surface area contributed by atoms with Gasteiger partial charge in [0, 0.05) is 0 Å². The zero-order chi connectivity index (χ0) is 25.5. The topological polar surface area (TPSA) is 0 Å². The third-order valence-corrected chi connectivity index (χ3v) is 25.5. The van der Waals surface area contributed by atoms with Crippen molar-refractivity contribution in [2.24, 2.45) is 176 Å². The summed E-state index contributed by atoms with van der Waals surface area (Å²) in [4.78, 5) is 0. The first-order chi connectivity index (χ1) is 20.8. The third-order valence-electron chi connectivity index (χ3n) is 25.5. The van der Waals surface area contributed by atoms with Crippen molar-refractivity contribution in [1.29, 1.82) is 0 Å². The molecule has 18 aliphatic carbocycles. The molecule has 4 spiro atoms. The summed E-state index contributed by atoms with van der Waals surface area (Å²) < 4.78 is 0. The van der Waals surface area contributed by atoms with Gasteiger partial charge in [0.1, 0.15) is 0 Å². The minimum Gasteiger partial charge on any atom is -0.0496 e. The first-order valence-corrected chi connectivity index (χ1v) is 20.8. The molecule has 18 rings (SSSR count). The van der Waals surface area contributed by atoms with Crippen molar-refractivity contribution in [2.45, 2.75) is 77.0 Å². The Hall–Kier alpha value is 0. The van der Waals surface area contributed by atoms with E-state index in [2.05, 4.69) is 0 Å². The molecule has 0 saturated heterocycles. The number of hydrogen-bond donors (Lipinski definition) is 0. The molecule has 18 aliphatic rings. The van der Waals surface area contributed by atoms with Crippen molar-refractivity contribution in [2.75, 3.05) is 0 Å². The second-order valence-electron chi connectivity index (χ2n) is 22.8. The van der Waals surface area contributed by atoms with E-state index in [0.717, 1.165) is 21.7 Å². The van der Waals surface area contributed by atoms with E-state index >= 15 is 0 Å². The van der Waals surface area contributed by atoms with Crippen LogP contribution in [0.2, 0.25) is 0 Å². The van der Waals surface area contributed by atoms with Gasteiger partial charge >= 0.3 is 0 Å². The molecule has 0 aromatic heterocycles. The van der Waals surface area contributed by atoms with E-state index in [1.165, 1.54) is 154 Å². The van der Waals surface area contributed by atoms with Crippen LogP contribution in [0.5, 0.6) is 0 Å². The van der Waals surface area contributed by atoms with Gasteiger partial charge in [0.05, 0.1) is 0 Å². The van der Waals surface area contributed by atoms with E-state index in [4.69, 9.17) is 0 Å². The van der Waals surface area contributed by atoms with Crippen LogP contribution >= 0.6 is 0 Å². The van der Waals surface area contributed by atoms with Crippen LogP contribution in [0, 0.1) is 176 Å². The van der Waals surface area contributed by atoms with E-state index < -0.39 is 0 Å². The lowest BCUT2D eigenvalue weighted by atomic mass is 9.42. The SMILES string of the molecule is C1CC2C3CCC4C5CCC6C7CCC8C9CCC%10C1C1C2C2C3C4[C@]34C[C@]53[C@]63C[C@]35C7C8C3C9C%10C1C1C2[C@@H]4[C@@H]5C31. The Kier molecular flexibility index (Phi) is 2.44. The highest BCUT2D eigenvalue weighted by Gasteiger charge is 3.08. The van der Waals surface area contributed by atoms with Crippen LogP contribution in [-0.4, -0.2) is 0 Å². The van der Waals surface area contributed by atoms with Crippen LogP contribution < -0.4 is 0 Å². The molecular weight excluding hydrogens is 504 g/mol. The molecule has 42 heavy (non-hydrogen) atoms. The predicted molar refractivity (Wildman–Crippen MR) is 156 cm³/mol. The van der Waals surface area contributed by atoms with Crippen molar-refractivity contribution in [3.8, 4) is 0 Å².